The molecule has 1 N–H and O–H groups in total. The fraction of sp³-hybridized carbons (Fsp3) is 0.429. The largest absolute Gasteiger partial charge is 0.506 e. The Morgan fingerprint density at radius 1 is 1.29 bits per heavy atom. The summed E-state index contributed by atoms with van der Waals surface area (Å²) in [6.07, 6.45) is 1.35. The van der Waals surface area contributed by atoms with Crippen LogP contribution in [0.5, 0.6) is 5.75 Å². The van der Waals surface area contributed by atoms with Gasteiger partial charge in [0.05, 0.1) is 4.99 Å². The summed E-state index contributed by atoms with van der Waals surface area (Å²) in [7, 11) is 0. The highest BCUT2D eigenvalue weighted by Gasteiger charge is 2.13. The third-order valence-corrected chi connectivity index (χ3v) is 3.78. The van der Waals surface area contributed by atoms with E-state index < -0.39 is 0 Å². The van der Waals surface area contributed by atoms with Gasteiger partial charge in [0.2, 0.25) is 0 Å². The minimum absolute atomic E-state index is 0.150. The zero-order chi connectivity index (χ0) is 15.2. The minimum atomic E-state index is 0.150. The van der Waals surface area contributed by atoms with E-state index in [-0.39, 0.29) is 5.75 Å². The second-order valence-electron chi connectivity index (χ2n) is 4.56. The van der Waals surface area contributed by atoms with Gasteiger partial charge in [-0.15, -0.1) is 5.10 Å². The molecule has 0 aliphatic rings. The summed E-state index contributed by atoms with van der Waals surface area (Å²) in [5.41, 5.74) is 0.575. The van der Waals surface area contributed by atoms with E-state index in [4.69, 9.17) is 12.2 Å². The van der Waals surface area contributed by atoms with Gasteiger partial charge in [-0.05, 0) is 36.4 Å². The number of phenolic OH excluding ortho intramolecular Hbond substituents is 1. The Hall–Kier alpha value is -2.02. The number of aromatic nitrogens is 4. The van der Waals surface area contributed by atoms with Crippen LogP contribution >= 0.6 is 12.2 Å². The Morgan fingerprint density at radius 2 is 2.00 bits per heavy atom. The van der Waals surface area contributed by atoms with Crippen LogP contribution in [0.25, 0.3) is 5.69 Å². The zero-order valence-corrected chi connectivity index (χ0v) is 13.0. The van der Waals surface area contributed by atoms with Gasteiger partial charge in [0.1, 0.15) is 11.4 Å². The summed E-state index contributed by atoms with van der Waals surface area (Å²) in [5, 5.41) is 21.6. The Morgan fingerprint density at radius 3 is 2.67 bits per heavy atom. The number of nitrogens with zero attached hydrogens (tertiary/aromatic N) is 5. The number of hydrogen-bond acceptors (Lipinski definition) is 5. The zero-order valence-electron chi connectivity index (χ0n) is 12.2. The van der Waals surface area contributed by atoms with Crippen LogP contribution in [0.4, 0.5) is 0 Å². The van der Waals surface area contributed by atoms with E-state index in [1.165, 1.54) is 0 Å². The molecular weight excluding hydrogens is 286 g/mol. The summed E-state index contributed by atoms with van der Waals surface area (Å²) in [5.74, 6) is 0.836. The number of aryl methyl sites for hydroxylation is 1. The normalized spacial score (nSPS) is 10.6. The molecule has 1 aromatic carbocycles. The van der Waals surface area contributed by atoms with E-state index in [2.05, 4.69) is 34.3 Å². The first kappa shape index (κ1) is 15.4. The van der Waals surface area contributed by atoms with Gasteiger partial charge in [-0.3, -0.25) is 0 Å². The lowest BCUT2D eigenvalue weighted by Gasteiger charge is -2.21. The highest BCUT2D eigenvalue weighted by Crippen LogP contribution is 2.20. The van der Waals surface area contributed by atoms with Crippen LogP contribution < -0.4 is 0 Å². The number of thiocarbonyl (C=S) groups is 1. The van der Waals surface area contributed by atoms with Gasteiger partial charge in [-0.1, -0.05) is 24.4 Å². The Bertz CT molecular complexity index is 609. The van der Waals surface area contributed by atoms with E-state index >= 15 is 0 Å². The molecule has 0 unspecified atom stereocenters. The topological polar surface area (TPSA) is 67.1 Å². The molecule has 21 heavy (non-hydrogen) atoms. The van der Waals surface area contributed by atoms with Gasteiger partial charge in [0.15, 0.2) is 5.82 Å². The maximum absolute atomic E-state index is 9.90. The van der Waals surface area contributed by atoms with Crippen LogP contribution in [0, 0.1) is 0 Å². The molecule has 0 aliphatic carbocycles. The Balaban J connectivity index is 2.12. The summed E-state index contributed by atoms with van der Waals surface area (Å²) >= 11 is 5.43. The predicted octanol–water partition coefficient (Wildman–Crippen LogP) is 1.97. The summed E-state index contributed by atoms with van der Waals surface area (Å²) in [6, 6.07) is 6.98. The highest BCUT2D eigenvalue weighted by atomic mass is 32.1. The second-order valence-corrected chi connectivity index (χ2v) is 5.03. The number of aromatic hydroxyl groups is 1. The van der Waals surface area contributed by atoms with Crippen LogP contribution in [0.1, 0.15) is 26.1 Å². The first-order valence-corrected chi connectivity index (χ1v) is 7.41. The number of para-hydroxylation sites is 2. The number of benzene rings is 1. The van der Waals surface area contributed by atoms with E-state index in [1.54, 1.807) is 22.9 Å². The van der Waals surface area contributed by atoms with Crippen molar-refractivity contribution in [3.8, 4) is 11.4 Å². The van der Waals surface area contributed by atoms with Crippen molar-refractivity contribution < 1.29 is 5.11 Å². The molecule has 0 bridgehead atoms. The molecule has 0 spiro atoms. The maximum Gasteiger partial charge on any atom is 0.157 e. The van der Waals surface area contributed by atoms with Crippen molar-refractivity contribution in [3.05, 3.63) is 30.1 Å². The van der Waals surface area contributed by atoms with E-state index in [0.717, 1.165) is 18.1 Å². The molecule has 6 nitrogen and oxygen atoms in total. The molecule has 7 heteroatoms. The van der Waals surface area contributed by atoms with Crippen LogP contribution in [-0.4, -0.2) is 48.3 Å². The average Bonchev–Trinajstić information content (AvgIpc) is 2.95. The molecule has 2 aromatic rings. The first-order chi connectivity index (χ1) is 10.2. The third kappa shape index (κ3) is 3.55. The Kier molecular flexibility index (Phi) is 5.21. The van der Waals surface area contributed by atoms with Gasteiger partial charge in [0.25, 0.3) is 0 Å². The number of rotatable bonds is 6. The van der Waals surface area contributed by atoms with E-state index in [1.807, 2.05) is 6.07 Å². The van der Waals surface area contributed by atoms with Crippen molar-refractivity contribution in [1.82, 2.24) is 25.1 Å². The van der Waals surface area contributed by atoms with Crippen molar-refractivity contribution in [1.29, 1.82) is 0 Å². The maximum atomic E-state index is 9.90. The molecular formula is C14H19N5OS. The summed E-state index contributed by atoms with van der Waals surface area (Å²) in [6.45, 7) is 5.98. The number of phenols is 1. The lowest BCUT2D eigenvalue weighted by Crippen LogP contribution is -2.29. The Labute approximate surface area is 129 Å². The van der Waals surface area contributed by atoms with E-state index in [9.17, 15) is 5.11 Å². The van der Waals surface area contributed by atoms with Gasteiger partial charge < -0.3 is 10.0 Å². The van der Waals surface area contributed by atoms with Crippen molar-refractivity contribution in [2.45, 2.75) is 26.7 Å². The summed E-state index contributed by atoms with van der Waals surface area (Å²) < 4.78 is 1.56. The van der Waals surface area contributed by atoms with Crippen LogP contribution in [0.3, 0.4) is 0 Å². The van der Waals surface area contributed by atoms with Gasteiger partial charge in [0, 0.05) is 25.9 Å². The van der Waals surface area contributed by atoms with Crippen LogP contribution in [-0.2, 0) is 6.42 Å². The molecule has 112 valence electrons. The smallest absolute Gasteiger partial charge is 0.157 e. The first-order valence-electron chi connectivity index (χ1n) is 7.00. The fourth-order valence-electron chi connectivity index (χ4n) is 2.15. The molecule has 0 saturated heterocycles. The molecule has 1 heterocycles. The lowest BCUT2D eigenvalue weighted by atomic mass is 10.2. The van der Waals surface area contributed by atoms with Crippen molar-refractivity contribution in [2.24, 2.45) is 0 Å². The quantitative estimate of drug-likeness (QED) is 0.823. The molecule has 0 fully saturated rings. The molecule has 1 aromatic heterocycles. The summed E-state index contributed by atoms with van der Waals surface area (Å²) in [4.78, 5) is 3.05. The van der Waals surface area contributed by atoms with Crippen LogP contribution in [0.2, 0.25) is 0 Å². The molecule has 0 radical (unpaired) electrons. The fourth-order valence-corrected chi connectivity index (χ4v) is 2.51. The van der Waals surface area contributed by atoms with Gasteiger partial charge in [-0.25, -0.2) is 0 Å². The highest BCUT2D eigenvalue weighted by molar-refractivity contribution is 7.80. The lowest BCUT2D eigenvalue weighted by molar-refractivity contribution is 0.462. The van der Waals surface area contributed by atoms with Crippen molar-refractivity contribution in [2.75, 3.05) is 13.1 Å². The monoisotopic (exact) mass is 305 g/mol. The number of hydrogen-bond donors (Lipinski definition) is 1. The standard InChI is InChI=1S/C14H19N5OS/c1-3-18(4-2)14(21)10-9-13-15-16-17-19(13)11-7-5-6-8-12(11)20/h5-8,20H,3-4,9-10H2,1-2H3. The third-order valence-electron chi connectivity index (χ3n) is 3.32. The minimum Gasteiger partial charge on any atom is -0.506 e. The van der Waals surface area contributed by atoms with Gasteiger partial charge in [-0.2, -0.15) is 4.68 Å². The predicted molar refractivity (Wildman–Crippen MR) is 84.7 cm³/mol. The SMILES string of the molecule is CCN(CC)C(=S)CCc1nnnn1-c1ccccc1O. The van der Waals surface area contributed by atoms with Crippen molar-refractivity contribution >= 4 is 17.2 Å². The molecule has 2 rings (SSSR count). The van der Waals surface area contributed by atoms with Crippen molar-refractivity contribution in [3.63, 3.8) is 0 Å². The van der Waals surface area contributed by atoms with E-state index in [0.29, 0.717) is 24.4 Å². The second kappa shape index (κ2) is 7.12. The molecule has 0 atom stereocenters. The average molecular weight is 305 g/mol. The molecule has 0 aliphatic heterocycles. The molecule has 0 saturated carbocycles. The molecule has 0 amide bonds. The van der Waals surface area contributed by atoms with Crippen LogP contribution in [0.15, 0.2) is 24.3 Å². The number of tetrazole rings is 1. The van der Waals surface area contributed by atoms with Gasteiger partial charge >= 0.3 is 0 Å².